The number of aryl methyl sites for hydroxylation is 3. The highest BCUT2D eigenvalue weighted by Crippen LogP contribution is 2.36. The van der Waals surface area contributed by atoms with Crippen LogP contribution in [0.25, 0.3) is 17.1 Å². The molecule has 3 heterocycles. The third kappa shape index (κ3) is 4.29. The Morgan fingerprint density at radius 2 is 1.85 bits per heavy atom. The van der Waals surface area contributed by atoms with Gasteiger partial charge in [0.1, 0.15) is 0 Å². The van der Waals surface area contributed by atoms with Crippen molar-refractivity contribution >= 4 is 5.65 Å². The fraction of sp³-hybridized carbons (Fsp3) is 0.462. The molecule has 0 saturated heterocycles. The lowest BCUT2D eigenvalue weighted by atomic mass is 9.78. The van der Waals surface area contributed by atoms with E-state index in [0.717, 1.165) is 72.7 Å². The third-order valence-electron chi connectivity index (χ3n) is 6.91. The second-order valence-corrected chi connectivity index (χ2v) is 9.80. The van der Waals surface area contributed by atoms with Crippen molar-refractivity contribution in [2.24, 2.45) is 5.73 Å². The van der Waals surface area contributed by atoms with Gasteiger partial charge in [0.2, 0.25) is 11.8 Å². The van der Waals surface area contributed by atoms with Crippen LogP contribution in [0.4, 0.5) is 0 Å². The molecule has 1 fully saturated rings. The van der Waals surface area contributed by atoms with E-state index in [1.165, 1.54) is 11.1 Å². The van der Waals surface area contributed by atoms with Crippen LogP contribution < -0.4 is 5.73 Å². The Balaban J connectivity index is 1.36. The van der Waals surface area contributed by atoms with Crippen molar-refractivity contribution in [2.75, 3.05) is 0 Å². The molecule has 0 atom stereocenters. The fourth-order valence-corrected chi connectivity index (χ4v) is 4.88. The number of fused-ring (bicyclic) bond motifs is 1. The van der Waals surface area contributed by atoms with Gasteiger partial charge < -0.3 is 10.2 Å². The summed E-state index contributed by atoms with van der Waals surface area (Å²) in [6, 6.07) is 10.5. The monoisotopic (exact) mass is 444 g/mol. The molecule has 33 heavy (non-hydrogen) atoms. The van der Waals surface area contributed by atoms with Gasteiger partial charge in [-0.05, 0) is 76.6 Å². The largest absolute Gasteiger partial charge is 0.420 e. The quantitative estimate of drug-likeness (QED) is 0.469. The predicted molar refractivity (Wildman–Crippen MR) is 128 cm³/mol. The first-order chi connectivity index (χ1) is 15.8. The zero-order chi connectivity index (χ0) is 23.2. The third-order valence-corrected chi connectivity index (χ3v) is 6.91. The molecule has 1 aromatic carbocycles. The van der Waals surface area contributed by atoms with Crippen molar-refractivity contribution in [3.05, 3.63) is 64.4 Å². The molecule has 0 amide bonds. The summed E-state index contributed by atoms with van der Waals surface area (Å²) in [7, 11) is 0. The molecule has 1 saturated carbocycles. The maximum atomic E-state index is 6.26. The maximum Gasteiger partial charge on any atom is 0.247 e. The molecule has 1 aliphatic rings. The molecule has 0 unspecified atom stereocenters. The Bertz CT molecular complexity index is 1270. The van der Waals surface area contributed by atoms with E-state index in [2.05, 4.69) is 61.3 Å². The first-order valence-corrected chi connectivity index (χ1v) is 11.9. The number of hydrogen-bond acceptors (Lipinski definition) is 6. The second kappa shape index (κ2) is 8.37. The number of rotatable bonds is 5. The smallest absolute Gasteiger partial charge is 0.247 e. The van der Waals surface area contributed by atoms with E-state index in [1.807, 2.05) is 11.4 Å². The number of nitrogens with two attached hydrogens (primary N) is 1. The molecular formula is C26H32N6O. The van der Waals surface area contributed by atoms with Gasteiger partial charge in [-0.25, -0.2) is 9.50 Å². The van der Waals surface area contributed by atoms with E-state index in [4.69, 9.17) is 20.2 Å². The fourth-order valence-electron chi connectivity index (χ4n) is 4.88. The molecule has 0 radical (unpaired) electrons. The summed E-state index contributed by atoms with van der Waals surface area (Å²) in [5.74, 6) is 1.63. The molecule has 3 aromatic heterocycles. The van der Waals surface area contributed by atoms with Gasteiger partial charge in [0.05, 0.1) is 5.69 Å². The molecule has 1 aliphatic carbocycles. The van der Waals surface area contributed by atoms with Crippen LogP contribution in [-0.2, 0) is 12.8 Å². The SMILES string of the molecule is CCc1nn2c(C)cc(C)nc2c1Cc1ccc(-c2nnc(C3CCC(C)(N)CC3)o2)cc1. The lowest BCUT2D eigenvalue weighted by Gasteiger charge is -2.32. The summed E-state index contributed by atoms with van der Waals surface area (Å²) < 4.78 is 8.02. The maximum absolute atomic E-state index is 6.26. The summed E-state index contributed by atoms with van der Waals surface area (Å²) in [5, 5.41) is 13.5. The van der Waals surface area contributed by atoms with E-state index < -0.39 is 0 Å². The standard InChI is InChI=1S/C26H32N6O/c1-5-22-21(23-28-16(2)14-17(3)32(23)31-22)15-18-6-8-19(9-7-18)24-29-30-25(33-24)20-10-12-26(4,27)13-11-20/h6-9,14,20H,5,10-13,15,27H2,1-4H3. The number of aromatic nitrogens is 5. The highest BCUT2D eigenvalue weighted by molar-refractivity contribution is 5.56. The zero-order valence-electron chi connectivity index (χ0n) is 19.9. The van der Waals surface area contributed by atoms with E-state index in [1.54, 1.807) is 0 Å². The Morgan fingerprint density at radius 1 is 1.12 bits per heavy atom. The Morgan fingerprint density at radius 3 is 2.55 bits per heavy atom. The molecule has 7 heteroatoms. The summed E-state index contributed by atoms with van der Waals surface area (Å²) in [4.78, 5) is 4.78. The molecule has 0 bridgehead atoms. The molecular weight excluding hydrogens is 412 g/mol. The summed E-state index contributed by atoms with van der Waals surface area (Å²) in [6.07, 6.45) is 5.64. The van der Waals surface area contributed by atoms with Gasteiger partial charge >= 0.3 is 0 Å². The highest BCUT2D eigenvalue weighted by Gasteiger charge is 2.31. The summed E-state index contributed by atoms with van der Waals surface area (Å²) in [6.45, 7) is 8.38. The van der Waals surface area contributed by atoms with Crippen LogP contribution in [0, 0.1) is 13.8 Å². The van der Waals surface area contributed by atoms with Crippen molar-refractivity contribution in [1.82, 2.24) is 24.8 Å². The predicted octanol–water partition coefficient (Wildman–Crippen LogP) is 4.92. The van der Waals surface area contributed by atoms with E-state index in [9.17, 15) is 0 Å². The van der Waals surface area contributed by atoms with Gasteiger partial charge in [-0.15, -0.1) is 10.2 Å². The minimum Gasteiger partial charge on any atom is -0.420 e. The van der Waals surface area contributed by atoms with Crippen molar-refractivity contribution in [3.63, 3.8) is 0 Å². The van der Waals surface area contributed by atoms with Crippen LogP contribution in [0.1, 0.15) is 79.5 Å². The minimum atomic E-state index is -0.0687. The number of benzene rings is 1. The lowest BCUT2D eigenvalue weighted by Crippen LogP contribution is -2.39. The molecule has 4 aromatic rings. The van der Waals surface area contributed by atoms with Crippen LogP contribution >= 0.6 is 0 Å². The summed E-state index contributed by atoms with van der Waals surface area (Å²) in [5.41, 5.74) is 13.7. The Kier molecular flexibility index (Phi) is 5.52. The van der Waals surface area contributed by atoms with Crippen LogP contribution in [0.3, 0.4) is 0 Å². The Labute approximate surface area is 194 Å². The molecule has 0 aliphatic heterocycles. The van der Waals surface area contributed by atoms with Crippen molar-refractivity contribution in [2.45, 2.75) is 77.7 Å². The van der Waals surface area contributed by atoms with Crippen LogP contribution in [-0.4, -0.2) is 30.3 Å². The van der Waals surface area contributed by atoms with Crippen LogP contribution in [0.2, 0.25) is 0 Å². The normalized spacial score (nSPS) is 21.1. The van der Waals surface area contributed by atoms with Crippen LogP contribution in [0.15, 0.2) is 34.7 Å². The number of hydrogen-bond donors (Lipinski definition) is 1. The molecule has 2 N–H and O–H groups in total. The van der Waals surface area contributed by atoms with Gasteiger partial charge in [-0.3, -0.25) is 0 Å². The Hall–Kier alpha value is -3.06. The van der Waals surface area contributed by atoms with Gasteiger partial charge in [-0.2, -0.15) is 5.10 Å². The van der Waals surface area contributed by atoms with Crippen molar-refractivity contribution in [1.29, 1.82) is 0 Å². The average Bonchev–Trinajstić information content (AvgIpc) is 3.40. The van der Waals surface area contributed by atoms with Crippen molar-refractivity contribution < 1.29 is 4.42 Å². The lowest BCUT2D eigenvalue weighted by molar-refractivity contribution is 0.270. The molecule has 172 valence electrons. The van der Waals surface area contributed by atoms with E-state index in [-0.39, 0.29) is 5.54 Å². The van der Waals surface area contributed by atoms with E-state index >= 15 is 0 Å². The second-order valence-electron chi connectivity index (χ2n) is 9.80. The highest BCUT2D eigenvalue weighted by atomic mass is 16.4. The van der Waals surface area contributed by atoms with Gasteiger partial charge in [0.15, 0.2) is 5.65 Å². The average molecular weight is 445 g/mol. The summed E-state index contributed by atoms with van der Waals surface area (Å²) >= 11 is 0. The zero-order valence-corrected chi connectivity index (χ0v) is 19.9. The van der Waals surface area contributed by atoms with Gasteiger partial charge in [0.25, 0.3) is 0 Å². The molecule has 7 nitrogen and oxygen atoms in total. The minimum absolute atomic E-state index is 0.0687. The van der Waals surface area contributed by atoms with Gasteiger partial charge in [-0.1, -0.05) is 19.1 Å². The molecule has 5 rings (SSSR count). The van der Waals surface area contributed by atoms with Crippen molar-refractivity contribution in [3.8, 4) is 11.5 Å². The molecule has 0 spiro atoms. The first-order valence-electron chi connectivity index (χ1n) is 11.9. The first kappa shape index (κ1) is 21.8. The number of nitrogens with zero attached hydrogens (tertiary/aromatic N) is 5. The van der Waals surface area contributed by atoms with Gasteiger partial charge in [0, 0.05) is 40.4 Å². The van der Waals surface area contributed by atoms with Crippen LogP contribution in [0.5, 0.6) is 0 Å². The topological polar surface area (TPSA) is 95.1 Å². The van der Waals surface area contributed by atoms with E-state index in [0.29, 0.717) is 11.8 Å².